The van der Waals surface area contributed by atoms with E-state index in [-0.39, 0.29) is 18.3 Å². The van der Waals surface area contributed by atoms with Crippen LogP contribution >= 0.6 is 11.6 Å². The third-order valence-corrected chi connectivity index (χ3v) is 4.75. The summed E-state index contributed by atoms with van der Waals surface area (Å²) < 4.78 is 11.1. The number of ketones is 1. The lowest BCUT2D eigenvalue weighted by atomic mass is 10.0. The van der Waals surface area contributed by atoms with Gasteiger partial charge in [0.05, 0.1) is 6.61 Å². The molecule has 0 saturated carbocycles. The molecule has 1 N–H and O–H groups in total. The summed E-state index contributed by atoms with van der Waals surface area (Å²) in [6.07, 6.45) is 1.62. The van der Waals surface area contributed by atoms with Crippen molar-refractivity contribution < 1.29 is 19.1 Å². The van der Waals surface area contributed by atoms with Crippen LogP contribution in [0.2, 0.25) is 5.02 Å². The first-order valence-electron chi connectivity index (χ1n) is 10.1. The van der Waals surface area contributed by atoms with E-state index < -0.39 is 0 Å². The maximum atomic E-state index is 12.4. The van der Waals surface area contributed by atoms with Gasteiger partial charge in [0, 0.05) is 22.7 Å². The molecule has 6 heteroatoms. The van der Waals surface area contributed by atoms with Crippen molar-refractivity contribution in [3.63, 3.8) is 0 Å². The summed E-state index contributed by atoms with van der Waals surface area (Å²) in [4.78, 5) is 24.3. The Kier molecular flexibility index (Phi) is 8.49. The highest BCUT2D eigenvalue weighted by Crippen LogP contribution is 2.16. The Morgan fingerprint density at radius 2 is 1.35 bits per heavy atom. The van der Waals surface area contributed by atoms with Gasteiger partial charge in [-0.15, -0.1) is 0 Å². The average molecular weight is 438 g/mol. The van der Waals surface area contributed by atoms with Crippen LogP contribution in [0.4, 0.5) is 0 Å². The molecule has 31 heavy (non-hydrogen) atoms. The molecular weight excluding hydrogens is 414 g/mol. The summed E-state index contributed by atoms with van der Waals surface area (Å²) in [6, 6.07) is 23.1. The summed E-state index contributed by atoms with van der Waals surface area (Å²) in [5.74, 6) is 1.07. The zero-order chi connectivity index (χ0) is 21.9. The number of ether oxygens (including phenoxy) is 2. The number of carbonyl (C=O) groups excluding carboxylic acids is 2. The Morgan fingerprint density at radius 3 is 2.06 bits per heavy atom. The number of amides is 1. The number of carbonyl (C=O) groups is 2. The number of rotatable bonds is 11. The lowest BCUT2D eigenvalue weighted by molar-refractivity contribution is -0.123. The molecule has 0 radical (unpaired) electrons. The van der Waals surface area contributed by atoms with E-state index in [1.807, 2.05) is 30.3 Å². The van der Waals surface area contributed by atoms with Crippen molar-refractivity contribution in [2.45, 2.75) is 12.8 Å². The zero-order valence-corrected chi connectivity index (χ0v) is 17.8. The van der Waals surface area contributed by atoms with Crippen molar-refractivity contribution in [1.82, 2.24) is 5.32 Å². The quantitative estimate of drug-likeness (QED) is 0.341. The summed E-state index contributed by atoms with van der Waals surface area (Å²) in [6.45, 7) is 1.05. The Morgan fingerprint density at radius 1 is 0.742 bits per heavy atom. The Labute approximate surface area is 187 Å². The topological polar surface area (TPSA) is 64.6 Å². The molecule has 0 aliphatic heterocycles. The maximum Gasteiger partial charge on any atom is 0.257 e. The van der Waals surface area contributed by atoms with E-state index in [1.54, 1.807) is 48.5 Å². The van der Waals surface area contributed by atoms with E-state index in [9.17, 15) is 9.59 Å². The highest BCUT2D eigenvalue weighted by Gasteiger charge is 2.09. The van der Waals surface area contributed by atoms with Crippen molar-refractivity contribution in [2.24, 2.45) is 0 Å². The number of nitrogens with one attached hydrogen (secondary N) is 1. The van der Waals surface area contributed by atoms with Crippen molar-refractivity contribution in [3.8, 4) is 11.5 Å². The molecule has 0 aliphatic rings. The molecule has 160 valence electrons. The SMILES string of the molecule is O=C(COc1ccc(C(=O)c2ccccc2)cc1)NCCCCOc1ccc(Cl)cc1. The second-order valence-electron chi connectivity index (χ2n) is 6.87. The first-order chi connectivity index (χ1) is 15.1. The Balaban J connectivity index is 1.30. The Hall–Kier alpha value is -3.31. The van der Waals surface area contributed by atoms with Crippen molar-refractivity contribution in [1.29, 1.82) is 0 Å². The monoisotopic (exact) mass is 437 g/mol. The number of hydrogen-bond donors (Lipinski definition) is 1. The minimum atomic E-state index is -0.192. The predicted molar refractivity (Wildman–Crippen MR) is 121 cm³/mol. The van der Waals surface area contributed by atoms with E-state index in [0.717, 1.165) is 18.6 Å². The number of unbranched alkanes of at least 4 members (excludes halogenated alkanes) is 1. The van der Waals surface area contributed by atoms with Gasteiger partial charge in [-0.3, -0.25) is 9.59 Å². The van der Waals surface area contributed by atoms with Gasteiger partial charge in [0.1, 0.15) is 11.5 Å². The van der Waals surface area contributed by atoms with Gasteiger partial charge in [-0.2, -0.15) is 0 Å². The van der Waals surface area contributed by atoms with Crippen LogP contribution in [0.15, 0.2) is 78.9 Å². The third kappa shape index (κ3) is 7.46. The minimum Gasteiger partial charge on any atom is -0.494 e. The van der Waals surface area contributed by atoms with E-state index in [1.165, 1.54) is 0 Å². The van der Waals surface area contributed by atoms with Gasteiger partial charge in [0.15, 0.2) is 12.4 Å². The molecule has 0 aromatic heterocycles. The fourth-order valence-corrected chi connectivity index (χ4v) is 2.96. The van der Waals surface area contributed by atoms with E-state index in [2.05, 4.69) is 5.32 Å². The average Bonchev–Trinajstić information content (AvgIpc) is 2.81. The predicted octanol–water partition coefficient (Wildman–Crippen LogP) is 4.93. The van der Waals surface area contributed by atoms with Crippen molar-refractivity contribution in [2.75, 3.05) is 19.8 Å². The molecule has 0 saturated heterocycles. The molecule has 0 aliphatic carbocycles. The van der Waals surface area contributed by atoms with Gasteiger partial charge in [-0.05, 0) is 61.4 Å². The van der Waals surface area contributed by atoms with Crippen LogP contribution in [0.5, 0.6) is 11.5 Å². The summed E-state index contributed by atoms with van der Waals surface area (Å²) >= 11 is 5.83. The maximum absolute atomic E-state index is 12.4. The van der Waals surface area contributed by atoms with Crippen LogP contribution in [-0.2, 0) is 4.79 Å². The molecule has 3 aromatic rings. The zero-order valence-electron chi connectivity index (χ0n) is 17.1. The Bertz CT molecular complexity index is 973. The van der Waals surface area contributed by atoms with Crippen molar-refractivity contribution >= 4 is 23.3 Å². The first-order valence-corrected chi connectivity index (χ1v) is 10.5. The lowest BCUT2D eigenvalue weighted by Crippen LogP contribution is -2.29. The molecule has 3 aromatic carbocycles. The number of benzene rings is 3. The normalized spacial score (nSPS) is 10.4. The fraction of sp³-hybridized carbons (Fsp3) is 0.200. The number of hydrogen-bond acceptors (Lipinski definition) is 4. The molecular formula is C25H24ClNO4. The highest BCUT2D eigenvalue weighted by atomic mass is 35.5. The van der Waals surface area contributed by atoms with Gasteiger partial charge in [0.25, 0.3) is 5.91 Å². The molecule has 3 rings (SSSR count). The molecule has 0 spiro atoms. The fourth-order valence-electron chi connectivity index (χ4n) is 2.83. The van der Waals surface area contributed by atoms with Gasteiger partial charge < -0.3 is 14.8 Å². The van der Waals surface area contributed by atoms with Crippen LogP contribution < -0.4 is 14.8 Å². The van der Waals surface area contributed by atoms with Crippen LogP contribution in [-0.4, -0.2) is 31.4 Å². The van der Waals surface area contributed by atoms with Crippen LogP contribution in [0.3, 0.4) is 0 Å². The van der Waals surface area contributed by atoms with E-state index in [0.29, 0.717) is 35.1 Å². The van der Waals surface area contributed by atoms with E-state index in [4.69, 9.17) is 21.1 Å². The van der Waals surface area contributed by atoms with E-state index >= 15 is 0 Å². The lowest BCUT2D eigenvalue weighted by Gasteiger charge is -2.09. The second kappa shape index (κ2) is 11.8. The molecule has 0 atom stereocenters. The molecule has 0 bridgehead atoms. The molecule has 1 amide bonds. The van der Waals surface area contributed by atoms with Gasteiger partial charge in [-0.25, -0.2) is 0 Å². The minimum absolute atomic E-state index is 0.0510. The number of halogens is 1. The first kappa shape index (κ1) is 22.4. The van der Waals surface area contributed by atoms with Gasteiger partial charge in [0.2, 0.25) is 0 Å². The molecule has 0 fully saturated rings. The molecule has 5 nitrogen and oxygen atoms in total. The standard InChI is InChI=1S/C25H24ClNO4/c26-21-10-14-22(15-11-21)30-17-5-4-16-27-24(28)18-31-23-12-8-20(9-13-23)25(29)19-6-2-1-3-7-19/h1-3,6-15H,4-5,16-18H2,(H,27,28). The largest absolute Gasteiger partial charge is 0.494 e. The van der Waals surface area contributed by atoms with Crippen LogP contribution in [0, 0.1) is 0 Å². The van der Waals surface area contributed by atoms with Crippen molar-refractivity contribution in [3.05, 3.63) is 95.0 Å². The summed E-state index contributed by atoms with van der Waals surface area (Å²) in [5, 5.41) is 3.49. The second-order valence-corrected chi connectivity index (χ2v) is 7.30. The van der Waals surface area contributed by atoms with Crippen LogP contribution in [0.1, 0.15) is 28.8 Å². The van der Waals surface area contributed by atoms with Gasteiger partial charge in [-0.1, -0.05) is 41.9 Å². The van der Waals surface area contributed by atoms with Crippen LogP contribution in [0.25, 0.3) is 0 Å². The molecule has 0 unspecified atom stereocenters. The van der Waals surface area contributed by atoms with Gasteiger partial charge >= 0.3 is 0 Å². The highest BCUT2D eigenvalue weighted by molar-refractivity contribution is 6.30. The third-order valence-electron chi connectivity index (χ3n) is 4.50. The smallest absolute Gasteiger partial charge is 0.257 e. The summed E-state index contributed by atoms with van der Waals surface area (Å²) in [5.41, 5.74) is 1.21. The molecule has 0 heterocycles. The summed E-state index contributed by atoms with van der Waals surface area (Å²) in [7, 11) is 0.